The Balaban J connectivity index is 2.25. The summed E-state index contributed by atoms with van der Waals surface area (Å²) < 4.78 is 18.4. The third-order valence-electron chi connectivity index (χ3n) is 2.40. The lowest BCUT2D eigenvalue weighted by Gasteiger charge is -2.07. The van der Waals surface area contributed by atoms with E-state index in [4.69, 9.17) is 15.1 Å². The Morgan fingerprint density at radius 1 is 1.17 bits per heavy atom. The summed E-state index contributed by atoms with van der Waals surface area (Å²) in [5.74, 6) is 0.348. The molecule has 4 heteroatoms. The van der Waals surface area contributed by atoms with Crippen LogP contribution in [-0.4, -0.2) is 5.11 Å². The molecule has 0 heterocycles. The van der Waals surface area contributed by atoms with Gasteiger partial charge in [-0.05, 0) is 35.9 Å². The Bertz CT molecular complexity index is 588. The molecule has 0 saturated heterocycles. The Hall–Kier alpha value is -2.38. The van der Waals surface area contributed by atoms with E-state index in [-0.39, 0.29) is 12.2 Å². The highest BCUT2D eigenvalue weighted by atomic mass is 19.1. The molecule has 0 radical (unpaired) electrons. The van der Waals surface area contributed by atoms with Crippen molar-refractivity contribution in [3.05, 3.63) is 59.4 Å². The van der Waals surface area contributed by atoms with Crippen LogP contribution in [0.5, 0.6) is 11.5 Å². The van der Waals surface area contributed by atoms with Crippen LogP contribution in [0, 0.1) is 17.1 Å². The van der Waals surface area contributed by atoms with Crippen LogP contribution in [0.25, 0.3) is 0 Å². The molecule has 0 aliphatic carbocycles. The van der Waals surface area contributed by atoms with Gasteiger partial charge in [-0.2, -0.15) is 5.26 Å². The largest absolute Gasteiger partial charge is 0.456 e. The van der Waals surface area contributed by atoms with Crippen LogP contribution < -0.4 is 4.74 Å². The third kappa shape index (κ3) is 2.65. The minimum Gasteiger partial charge on any atom is -0.456 e. The second kappa shape index (κ2) is 5.30. The summed E-state index contributed by atoms with van der Waals surface area (Å²) in [6.45, 7) is -0.0414. The molecular weight excluding hydrogens is 233 g/mol. The van der Waals surface area contributed by atoms with E-state index in [0.29, 0.717) is 11.5 Å². The van der Waals surface area contributed by atoms with E-state index in [2.05, 4.69) is 0 Å². The fourth-order valence-electron chi connectivity index (χ4n) is 1.47. The number of halogens is 1. The molecular formula is C14H10FNO2. The molecule has 1 N–H and O–H groups in total. The Kier molecular flexibility index (Phi) is 3.56. The zero-order valence-corrected chi connectivity index (χ0v) is 9.43. The van der Waals surface area contributed by atoms with Gasteiger partial charge in [0.2, 0.25) is 0 Å². The lowest BCUT2D eigenvalue weighted by molar-refractivity contribution is 0.281. The van der Waals surface area contributed by atoms with Crippen molar-refractivity contribution in [1.82, 2.24) is 0 Å². The van der Waals surface area contributed by atoms with Gasteiger partial charge in [0.05, 0.1) is 12.2 Å². The molecule has 0 bridgehead atoms. The first-order valence-electron chi connectivity index (χ1n) is 5.30. The molecule has 90 valence electrons. The van der Waals surface area contributed by atoms with Crippen LogP contribution in [0.4, 0.5) is 4.39 Å². The number of aliphatic hydroxyl groups excluding tert-OH is 1. The normalized spacial score (nSPS) is 9.83. The van der Waals surface area contributed by atoms with Crippen LogP contribution in [0.3, 0.4) is 0 Å². The molecule has 0 aliphatic heterocycles. The summed E-state index contributed by atoms with van der Waals surface area (Å²) in [6.07, 6.45) is 0. The fraction of sp³-hybridized carbons (Fsp3) is 0.0714. The van der Waals surface area contributed by atoms with Crippen molar-refractivity contribution >= 4 is 0 Å². The highest BCUT2D eigenvalue weighted by Crippen LogP contribution is 2.25. The zero-order valence-electron chi connectivity index (χ0n) is 9.43. The van der Waals surface area contributed by atoms with E-state index in [9.17, 15) is 4.39 Å². The molecule has 0 unspecified atom stereocenters. The number of rotatable bonds is 3. The van der Waals surface area contributed by atoms with Crippen molar-refractivity contribution in [1.29, 1.82) is 5.26 Å². The third-order valence-corrected chi connectivity index (χ3v) is 2.40. The zero-order chi connectivity index (χ0) is 13.0. The maximum Gasteiger partial charge on any atom is 0.145 e. The standard InChI is InChI=1S/C14H10FNO2/c15-12-3-6-14(11(7-12)8-16)18-13-4-1-10(9-17)2-5-13/h1-7,17H,9H2. The topological polar surface area (TPSA) is 53.2 Å². The minimum atomic E-state index is -0.477. The molecule has 18 heavy (non-hydrogen) atoms. The Morgan fingerprint density at radius 3 is 2.50 bits per heavy atom. The molecule has 0 amide bonds. The molecule has 0 aliphatic rings. The first-order chi connectivity index (χ1) is 8.72. The van der Waals surface area contributed by atoms with E-state index < -0.39 is 5.82 Å². The van der Waals surface area contributed by atoms with Gasteiger partial charge in [-0.3, -0.25) is 0 Å². The average Bonchev–Trinajstić information content (AvgIpc) is 2.41. The van der Waals surface area contributed by atoms with Gasteiger partial charge in [-0.1, -0.05) is 12.1 Å². The number of nitrogens with zero attached hydrogens (tertiary/aromatic N) is 1. The molecule has 2 aromatic rings. The second-order valence-electron chi connectivity index (χ2n) is 3.66. The summed E-state index contributed by atoms with van der Waals surface area (Å²) in [4.78, 5) is 0. The highest BCUT2D eigenvalue weighted by molar-refractivity contribution is 5.45. The first kappa shape index (κ1) is 12.1. The summed E-state index contributed by atoms with van der Waals surface area (Å²) in [7, 11) is 0. The van der Waals surface area contributed by atoms with Gasteiger partial charge >= 0.3 is 0 Å². The molecule has 2 rings (SSSR count). The number of benzene rings is 2. The van der Waals surface area contributed by atoms with E-state index in [1.54, 1.807) is 24.3 Å². The molecule has 0 spiro atoms. The van der Waals surface area contributed by atoms with Crippen molar-refractivity contribution < 1.29 is 14.2 Å². The SMILES string of the molecule is N#Cc1cc(F)ccc1Oc1ccc(CO)cc1. The van der Waals surface area contributed by atoms with E-state index in [1.807, 2.05) is 6.07 Å². The number of aliphatic hydroxyl groups is 1. The van der Waals surface area contributed by atoms with Gasteiger partial charge in [0.1, 0.15) is 23.4 Å². The van der Waals surface area contributed by atoms with E-state index >= 15 is 0 Å². The predicted octanol–water partition coefficient (Wildman–Crippen LogP) is 2.98. The monoisotopic (exact) mass is 243 g/mol. The van der Waals surface area contributed by atoms with Crippen molar-refractivity contribution in [2.75, 3.05) is 0 Å². The molecule has 0 aromatic heterocycles. The smallest absolute Gasteiger partial charge is 0.145 e. The predicted molar refractivity (Wildman–Crippen MR) is 63.6 cm³/mol. The fourth-order valence-corrected chi connectivity index (χ4v) is 1.47. The number of ether oxygens (including phenoxy) is 1. The summed E-state index contributed by atoms with van der Waals surface area (Å²) in [6, 6.07) is 12.4. The van der Waals surface area contributed by atoms with Crippen molar-refractivity contribution in [2.24, 2.45) is 0 Å². The molecule has 0 atom stereocenters. The Labute approximate surface area is 104 Å². The molecule has 0 saturated carbocycles. The number of hydrogen-bond donors (Lipinski definition) is 1. The number of hydrogen-bond acceptors (Lipinski definition) is 3. The average molecular weight is 243 g/mol. The lowest BCUT2D eigenvalue weighted by Crippen LogP contribution is -1.90. The van der Waals surface area contributed by atoms with E-state index in [1.165, 1.54) is 12.1 Å². The lowest BCUT2D eigenvalue weighted by atomic mass is 10.2. The minimum absolute atomic E-state index is 0.0414. The maximum atomic E-state index is 12.9. The van der Waals surface area contributed by atoms with Crippen molar-refractivity contribution in [3.8, 4) is 17.6 Å². The molecule has 3 nitrogen and oxygen atoms in total. The van der Waals surface area contributed by atoms with Gasteiger partial charge in [0.15, 0.2) is 0 Å². The van der Waals surface area contributed by atoms with Crippen LogP contribution in [0.2, 0.25) is 0 Å². The van der Waals surface area contributed by atoms with Gasteiger partial charge < -0.3 is 9.84 Å². The summed E-state index contributed by atoms with van der Waals surface area (Å²) in [5.41, 5.74) is 0.906. The quantitative estimate of drug-likeness (QED) is 0.901. The molecule has 0 fully saturated rings. The Morgan fingerprint density at radius 2 is 1.89 bits per heavy atom. The summed E-state index contributed by atoms with van der Waals surface area (Å²) in [5, 5.41) is 17.8. The van der Waals surface area contributed by atoms with Crippen LogP contribution in [0.15, 0.2) is 42.5 Å². The summed E-state index contributed by atoms with van der Waals surface area (Å²) >= 11 is 0. The number of nitriles is 1. The van der Waals surface area contributed by atoms with Gasteiger partial charge in [-0.15, -0.1) is 0 Å². The van der Waals surface area contributed by atoms with Crippen LogP contribution >= 0.6 is 0 Å². The van der Waals surface area contributed by atoms with Crippen LogP contribution in [-0.2, 0) is 6.61 Å². The van der Waals surface area contributed by atoms with Crippen molar-refractivity contribution in [2.45, 2.75) is 6.61 Å². The second-order valence-corrected chi connectivity index (χ2v) is 3.66. The van der Waals surface area contributed by atoms with E-state index in [0.717, 1.165) is 11.6 Å². The maximum absolute atomic E-state index is 12.9. The highest BCUT2D eigenvalue weighted by Gasteiger charge is 2.06. The van der Waals surface area contributed by atoms with Gasteiger partial charge in [0.25, 0.3) is 0 Å². The molecule has 2 aromatic carbocycles. The first-order valence-corrected chi connectivity index (χ1v) is 5.30. The van der Waals surface area contributed by atoms with Gasteiger partial charge in [-0.25, -0.2) is 4.39 Å². The van der Waals surface area contributed by atoms with Crippen molar-refractivity contribution in [3.63, 3.8) is 0 Å². The van der Waals surface area contributed by atoms with Gasteiger partial charge in [0, 0.05) is 0 Å². The van der Waals surface area contributed by atoms with Crippen LogP contribution in [0.1, 0.15) is 11.1 Å².